The maximum absolute atomic E-state index is 11.1. The normalized spacial score (nSPS) is 28.5. The van der Waals surface area contributed by atoms with E-state index in [0.717, 1.165) is 37.1 Å². The molecule has 20 heavy (non-hydrogen) atoms. The molecule has 2 bridgehead atoms. The molecule has 3 rings (SSSR count). The lowest BCUT2D eigenvalue weighted by Crippen LogP contribution is -2.44. The molecule has 1 aromatic carbocycles. The minimum atomic E-state index is -0.356. The van der Waals surface area contributed by atoms with Crippen LogP contribution >= 0.6 is 0 Å². The summed E-state index contributed by atoms with van der Waals surface area (Å²) in [6.07, 6.45) is 3.40. The number of piperidine rings is 1. The van der Waals surface area contributed by atoms with E-state index in [2.05, 4.69) is 10.2 Å². The van der Waals surface area contributed by atoms with Crippen molar-refractivity contribution >= 4 is 17.1 Å². The first-order chi connectivity index (χ1) is 9.58. The van der Waals surface area contributed by atoms with Crippen molar-refractivity contribution in [2.75, 3.05) is 17.3 Å². The van der Waals surface area contributed by atoms with Crippen LogP contribution in [-0.4, -0.2) is 35.3 Å². The molecule has 2 saturated heterocycles. The summed E-state index contributed by atoms with van der Waals surface area (Å²) in [5, 5.41) is 23.9. The smallest absolute Gasteiger partial charge is 0.273 e. The minimum Gasteiger partial charge on any atom is -0.393 e. The summed E-state index contributed by atoms with van der Waals surface area (Å²) in [5.74, 6) is 0. The molecule has 0 amide bonds. The molecule has 2 N–H and O–H groups in total. The summed E-state index contributed by atoms with van der Waals surface area (Å²) in [5.41, 5.74) is 1.75. The number of fused-ring (bicyclic) bond motifs is 2. The van der Waals surface area contributed by atoms with Crippen LogP contribution in [0.5, 0.6) is 0 Å². The summed E-state index contributed by atoms with van der Waals surface area (Å²) >= 11 is 0. The first kappa shape index (κ1) is 13.2. The van der Waals surface area contributed by atoms with Crippen molar-refractivity contribution in [1.29, 1.82) is 0 Å². The number of nitrogens with zero attached hydrogens (tertiary/aromatic N) is 2. The number of aliphatic hydroxyl groups is 1. The molecule has 2 aliphatic heterocycles. The van der Waals surface area contributed by atoms with E-state index in [9.17, 15) is 15.2 Å². The Labute approximate surface area is 117 Å². The number of hydrogen-bond acceptors (Lipinski definition) is 5. The Morgan fingerprint density at radius 3 is 2.50 bits per heavy atom. The van der Waals surface area contributed by atoms with Gasteiger partial charge in [0.15, 0.2) is 0 Å². The number of nitro benzene ring substituents is 1. The van der Waals surface area contributed by atoms with Crippen molar-refractivity contribution in [1.82, 2.24) is 0 Å². The van der Waals surface area contributed by atoms with Crippen LogP contribution in [0.2, 0.25) is 0 Å². The largest absolute Gasteiger partial charge is 0.393 e. The average Bonchev–Trinajstić information content (AvgIpc) is 2.70. The number of non-ortho nitro benzene ring substituents is 1. The molecule has 0 aromatic heterocycles. The number of benzene rings is 1. The highest BCUT2D eigenvalue weighted by molar-refractivity contribution is 5.65. The van der Waals surface area contributed by atoms with Gasteiger partial charge < -0.3 is 15.3 Å². The number of rotatable bonds is 3. The van der Waals surface area contributed by atoms with E-state index >= 15 is 0 Å². The minimum absolute atomic E-state index is 0.109. The third kappa shape index (κ3) is 2.20. The van der Waals surface area contributed by atoms with Gasteiger partial charge in [0.05, 0.1) is 11.0 Å². The van der Waals surface area contributed by atoms with Gasteiger partial charge in [-0.2, -0.15) is 0 Å². The van der Waals surface area contributed by atoms with Gasteiger partial charge >= 0.3 is 0 Å². The first-order valence-electron chi connectivity index (χ1n) is 7.02. The van der Waals surface area contributed by atoms with Crippen molar-refractivity contribution in [2.24, 2.45) is 0 Å². The van der Waals surface area contributed by atoms with Gasteiger partial charge in [-0.3, -0.25) is 10.1 Å². The van der Waals surface area contributed by atoms with Gasteiger partial charge in [0.25, 0.3) is 5.69 Å². The second-order valence-corrected chi connectivity index (χ2v) is 5.66. The van der Waals surface area contributed by atoms with E-state index in [1.54, 1.807) is 19.2 Å². The first-order valence-corrected chi connectivity index (χ1v) is 7.02. The number of aliphatic hydroxyl groups excluding tert-OH is 1. The Hall–Kier alpha value is -1.82. The van der Waals surface area contributed by atoms with Gasteiger partial charge in [-0.1, -0.05) is 0 Å². The zero-order chi connectivity index (χ0) is 14.3. The lowest BCUT2D eigenvalue weighted by molar-refractivity contribution is -0.384. The van der Waals surface area contributed by atoms with Crippen molar-refractivity contribution in [3.05, 3.63) is 28.3 Å². The lowest BCUT2D eigenvalue weighted by Gasteiger charge is -2.39. The molecular weight excluding hydrogens is 258 g/mol. The van der Waals surface area contributed by atoms with E-state index in [1.165, 1.54) is 0 Å². The van der Waals surface area contributed by atoms with E-state index in [-0.39, 0.29) is 16.7 Å². The Kier molecular flexibility index (Phi) is 3.25. The Morgan fingerprint density at radius 1 is 1.30 bits per heavy atom. The standard InChI is InChI=1S/C14H19N3O3/c1-15-9-4-12(6-13(5-9)17(19)20)16-10-2-3-11(16)8-14(18)7-10/h4-6,10-11,14-15,18H,2-3,7-8H2,1H3. The molecule has 1 aromatic rings. The molecule has 6 nitrogen and oxygen atoms in total. The summed E-state index contributed by atoms with van der Waals surface area (Å²) in [6.45, 7) is 0. The number of nitro groups is 1. The SMILES string of the molecule is CNc1cc(N2C3CCC2CC(O)C3)cc([N+](=O)[O-])c1. The maximum atomic E-state index is 11.1. The Bertz CT molecular complexity index is 520. The summed E-state index contributed by atoms with van der Waals surface area (Å²) in [7, 11) is 1.76. The van der Waals surface area contributed by atoms with Crippen LogP contribution < -0.4 is 10.2 Å². The predicted octanol–water partition coefficient (Wildman–Crippen LogP) is 2.13. The van der Waals surface area contributed by atoms with E-state index < -0.39 is 0 Å². The van der Waals surface area contributed by atoms with Crippen LogP contribution in [0.3, 0.4) is 0 Å². The van der Waals surface area contributed by atoms with Gasteiger partial charge in [0.2, 0.25) is 0 Å². The summed E-state index contributed by atoms with van der Waals surface area (Å²) in [4.78, 5) is 13.0. The molecule has 0 radical (unpaired) electrons. The molecule has 2 unspecified atom stereocenters. The second-order valence-electron chi connectivity index (χ2n) is 5.66. The molecule has 2 heterocycles. The van der Waals surface area contributed by atoms with Gasteiger partial charge in [0.1, 0.15) is 0 Å². The lowest BCUT2D eigenvalue weighted by atomic mass is 9.99. The molecule has 0 aliphatic carbocycles. The van der Waals surface area contributed by atoms with E-state index in [0.29, 0.717) is 12.1 Å². The zero-order valence-corrected chi connectivity index (χ0v) is 11.5. The fraction of sp³-hybridized carbons (Fsp3) is 0.571. The highest BCUT2D eigenvalue weighted by atomic mass is 16.6. The van der Waals surface area contributed by atoms with Crippen LogP contribution in [0.25, 0.3) is 0 Å². The van der Waals surface area contributed by atoms with Crippen molar-refractivity contribution in [2.45, 2.75) is 43.9 Å². The van der Waals surface area contributed by atoms with Crippen LogP contribution in [-0.2, 0) is 0 Å². The zero-order valence-electron chi connectivity index (χ0n) is 11.5. The third-order valence-electron chi connectivity index (χ3n) is 4.41. The fourth-order valence-electron chi connectivity index (χ4n) is 3.56. The van der Waals surface area contributed by atoms with Crippen molar-refractivity contribution in [3.8, 4) is 0 Å². The molecule has 0 spiro atoms. The second kappa shape index (κ2) is 4.94. The number of hydrogen-bond donors (Lipinski definition) is 2. The van der Waals surface area contributed by atoms with Crippen LogP contribution in [0.1, 0.15) is 25.7 Å². The average molecular weight is 277 g/mol. The van der Waals surface area contributed by atoms with E-state index in [1.807, 2.05) is 6.07 Å². The number of anilines is 2. The summed E-state index contributed by atoms with van der Waals surface area (Å²) < 4.78 is 0. The Morgan fingerprint density at radius 2 is 1.95 bits per heavy atom. The molecule has 2 atom stereocenters. The highest BCUT2D eigenvalue weighted by Crippen LogP contribution is 2.41. The molecular formula is C14H19N3O3. The quantitative estimate of drug-likeness (QED) is 0.653. The predicted molar refractivity (Wildman–Crippen MR) is 77.2 cm³/mol. The molecule has 2 fully saturated rings. The van der Waals surface area contributed by atoms with Gasteiger partial charge in [-0.05, 0) is 31.7 Å². The fourth-order valence-corrected chi connectivity index (χ4v) is 3.56. The molecule has 6 heteroatoms. The van der Waals surface area contributed by atoms with Gasteiger partial charge in [-0.15, -0.1) is 0 Å². The highest BCUT2D eigenvalue weighted by Gasteiger charge is 2.40. The van der Waals surface area contributed by atoms with Gasteiger partial charge in [-0.25, -0.2) is 0 Å². The Balaban J connectivity index is 1.98. The monoisotopic (exact) mass is 277 g/mol. The maximum Gasteiger partial charge on any atom is 0.273 e. The van der Waals surface area contributed by atoms with E-state index in [4.69, 9.17) is 0 Å². The van der Waals surface area contributed by atoms with Crippen LogP contribution in [0.4, 0.5) is 17.1 Å². The van der Waals surface area contributed by atoms with Crippen LogP contribution in [0, 0.1) is 10.1 Å². The topological polar surface area (TPSA) is 78.6 Å². The third-order valence-corrected chi connectivity index (χ3v) is 4.41. The molecule has 2 aliphatic rings. The van der Waals surface area contributed by atoms with Crippen LogP contribution in [0.15, 0.2) is 18.2 Å². The summed E-state index contributed by atoms with van der Waals surface area (Å²) in [6, 6.07) is 5.75. The molecule has 108 valence electrons. The van der Waals surface area contributed by atoms with Crippen molar-refractivity contribution < 1.29 is 10.0 Å². The van der Waals surface area contributed by atoms with Gasteiger partial charge in [0, 0.05) is 42.6 Å². The number of nitrogens with one attached hydrogen (secondary N) is 1. The molecule has 0 saturated carbocycles. The van der Waals surface area contributed by atoms with Crippen molar-refractivity contribution in [3.63, 3.8) is 0 Å².